The third kappa shape index (κ3) is 4.38. The number of carbonyl (C=O) groups excluding carboxylic acids is 1. The molecule has 4 heteroatoms. The summed E-state index contributed by atoms with van der Waals surface area (Å²) >= 11 is 0. The second kappa shape index (κ2) is 7.88. The van der Waals surface area contributed by atoms with Crippen molar-refractivity contribution in [2.45, 2.75) is 13.0 Å². The molecule has 0 saturated carbocycles. The number of rotatable bonds is 7. The Bertz CT molecular complexity index is 625. The number of anilines is 1. The van der Waals surface area contributed by atoms with Crippen molar-refractivity contribution in [1.29, 1.82) is 0 Å². The van der Waals surface area contributed by atoms with Gasteiger partial charge in [-0.25, -0.2) is 0 Å². The zero-order chi connectivity index (χ0) is 15.8. The molecule has 2 aromatic rings. The summed E-state index contributed by atoms with van der Waals surface area (Å²) in [6.45, 7) is 5.69. The molecule has 2 aromatic carbocycles. The van der Waals surface area contributed by atoms with E-state index in [1.165, 1.54) is 0 Å². The van der Waals surface area contributed by atoms with Gasteiger partial charge in [-0.15, -0.1) is 0 Å². The zero-order valence-corrected chi connectivity index (χ0v) is 12.5. The first-order valence-electron chi connectivity index (χ1n) is 7.06. The quantitative estimate of drug-likeness (QED) is 0.793. The van der Waals surface area contributed by atoms with Crippen LogP contribution >= 0.6 is 0 Å². The predicted octanol–water partition coefficient (Wildman–Crippen LogP) is 3.66. The molecule has 1 N–H and O–H groups in total. The SMILES string of the molecule is C=CCOc1ccccc1NC(=O)[C@@H](C)Oc1ccccc1. The van der Waals surface area contributed by atoms with Gasteiger partial charge in [0.2, 0.25) is 0 Å². The lowest BCUT2D eigenvalue weighted by atomic mass is 10.2. The van der Waals surface area contributed by atoms with E-state index >= 15 is 0 Å². The summed E-state index contributed by atoms with van der Waals surface area (Å²) < 4.78 is 11.1. The highest BCUT2D eigenvalue weighted by Crippen LogP contribution is 2.24. The van der Waals surface area contributed by atoms with Gasteiger partial charge < -0.3 is 14.8 Å². The summed E-state index contributed by atoms with van der Waals surface area (Å²) in [5, 5.41) is 2.82. The molecule has 0 fully saturated rings. The van der Waals surface area contributed by atoms with E-state index in [1.54, 1.807) is 25.1 Å². The Morgan fingerprint density at radius 2 is 1.86 bits per heavy atom. The minimum atomic E-state index is -0.616. The normalized spacial score (nSPS) is 11.3. The van der Waals surface area contributed by atoms with E-state index in [1.807, 2.05) is 42.5 Å². The lowest BCUT2D eigenvalue weighted by molar-refractivity contribution is -0.122. The zero-order valence-electron chi connectivity index (χ0n) is 12.5. The van der Waals surface area contributed by atoms with E-state index in [9.17, 15) is 4.79 Å². The van der Waals surface area contributed by atoms with Gasteiger partial charge in [-0.1, -0.05) is 43.0 Å². The second-order valence-corrected chi connectivity index (χ2v) is 4.66. The number of para-hydroxylation sites is 3. The largest absolute Gasteiger partial charge is 0.487 e. The maximum atomic E-state index is 12.2. The van der Waals surface area contributed by atoms with Crippen LogP contribution in [0, 0.1) is 0 Å². The van der Waals surface area contributed by atoms with Gasteiger partial charge in [0.15, 0.2) is 6.10 Å². The van der Waals surface area contributed by atoms with E-state index in [-0.39, 0.29) is 5.91 Å². The summed E-state index contributed by atoms with van der Waals surface area (Å²) in [7, 11) is 0. The molecule has 1 amide bonds. The van der Waals surface area contributed by atoms with Crippen molar-refractivity contribution in [2.24, 2.45) is 0 Å². The van der Waals surface area contributed by atoms with E-state index in [4.69, 9.17) is 9.47 Å². The molecule has 0 heterocycles. The Labute approximate surface area is 130 Å². The van der Waals surface area contributed by atoms with Gasteiger partial charge in [-0.05, 0) is 31.2 Å². The molecule has 0 spiro atoms. The van der Waals surface area contributed by atoms with E-state index < -0.39 is 6.10 Å². The van der Waals surface area contributed by atoms with Crippen LogP contribution in [0.5, 0.6) is 11.5 Å². The van der Waals surface area contributed by atoms with Gasteiger partial charge in [0.25, 0.3) is 5.91 Å². The minimum absolute atomic E-state index is 0.237. The number of hydrogen-bond donors (Lipinski definition) is 1. The van der Waals surface area contributed by atoms with Crippen LogP contribution in [-0.2, 0) is 4.79 Å². The van der Waals surface area contributed by atoms with Crippen molar-refractivity contribution >= 4 is 11.6 Å². The highest BCUT2D eigenvalue weighted by Gasteiger charge is 2.16. The van der Waals surface area contributed by atoms with Crippen LogP contribution in [-0.4, -0.2) is 18.6 Å². The van der Waals surface area contributed by atoms with Crippen LogP contribution < -0.4 is 14.8 Å². The summed E-state index contributed by atoms with van der Waals surface area (Å²) in [6.07, 6.45) is 1.04. The minimum Gasteiger partial charge on any atom is -0.487 e. The van der Waals surface area contributed by atoms with Crippen molar-refractivity contribution in [1.82, 2.24) is 0 Å². The van der Waals surface area contributed by atoms with Gasteiger partial charge in [0.05, 0.1) is 5.69 Å². The smallest absolute Gasteiger partial charge is 0.265 e. The number of nitrogens with one attached hydrogen (secondary N) is 1. The number of hydrogen-bond acceptors (Lipinski definition) is 3. The summed E-state index contributed by atoms with van der Waals surface area (Å²) in [6, 6.07) is 16.5. The van der Waals surface area contributed by atoms with Gasteiger partial charge in [0.1, 0.15) is 18.1 Å². The van der Waals surface area contributed by atoms with Crippen LogP contribution in [0.4, 0.5) is 5.69 Å². The highest BCUT2D eigenvalue weighted by molar-refractivity contribution is 5.95. The Kier molecular flexibility index (Phi) is 5.60. The average molecular weight is 297 g/mol. The van der Waals surface area contributed by atoms with Crippen LogP contribution in [0.15, 0.2) is 67.3 Å². The predicted molar refractivity (Wildman–Crippen MR) is 87.3 cm³/mol. The Balaban J connectivity index is 2.00. The van der Waals surface area contributed by atoms with Crippen LogP contribution in [0.3, 0.4) is 0 Å². The topological polar surface area (TPSA) is 47.6 Å². The Hall–Kier alpha value is -2.75. The van der Waals surface area contributed by atoms with Crippen LogP contribution in [0.25, 0.3) is 0 Å². The van der Waals surface area contributed by atoms with Crippen molar-refractivity contribution in [3.8, 4) is 11.5 Å². The van der Waals surface area contributed by atoms with Gasteiger partial charge in [-0.2, -0.15) is 0 Å². The number of benzene rings is 2. The molecule has 0 unspecified atom stereocenters. The second-order valence-electron chi connectivity index (χ2n) is 4.66. The molecule has 0 saturated heterocycles. The third-order valence-corrected chi connectivity index (χ3v) is 2.93. The third-order valence-electron chi connectivity index (χ3n) is 2.93. The van der Waals surface area contributed by atoms with Crippen molar-refractivity contribution in [3.63, 3.8) is 0 Å². The Morgan fingerprint density at radius 3 is 2.59 bits per heavy atom. The maximum Gasteiger partial charge on any atom is 0.265 e. The lowest BCUT2D eigenvalue weighted by Gasteiger charge is -2.16. The molecule has 0 bridgehead atoms. The van der Waals surface area contributed by atoms with Crippen molar-refractivity contribution < 1.29 is 14.3 Å². The molecule has 4 nitrogen and oxygen atoms in total. The highest BCUT2D eigenvalue weighted by atomic mass is 16.5. The first-order valence-corrected chi connectivity index (χ1v) is 7.06. The molecule has 0 aliphatic heterocycles. The molecule has 114 valence electrons. The summed E-state index contributed by atoms with van der Waals surface area (Å²) in [4.78, 5) is 12.2. The fourth-order valence-electron chi connectivity index (χ4n) is 1.84. The maximum absolute atomic E-state index is 12.2. The van der Waals surface area contributed by atoms with E-state index in [0.29, 0.717) is 23.8 Å². The first kappa shape index (κ1) is 15.6. The lowest BCUT2D eigenvalue weighted by Crippen LogP contribution is -2.30. The average Bonchev–Trinajstić information content (AvgIpc) is 2.55. The number of amides is 1. The van der Waals surface area contributed by atoms with E-state index in [2.05, 4.69) is 11.9 Å². The van der Waals surface area contributed by atoms with E-state index in [0.717, 1.165) is 0 Å². The molecule has 1 atom stereocenters. The fourth-order valence-corrected chi connectivity index (χ4v) is 1.84. The molecular formula is C18H19NO3. The molecule has 0 aliphatic carbocycles. The molecule has 2 rings (SSSR count). The van der Waals surface area contributed by atoms with Crippen LogP contribution in [0.1, 0.15) is 6.92 Å². The molecule has 0 aromatic heterocycles. The molecule has 0 aliphatic rings. The summed E-state index contributed by atoms with van der Waals surface area (Å²) in [5.41, 5.74) is 0.609. The molecule has 22 heavy (non-hydrogen) atoms. The van der Waals surface area contributed by atoms with Gasteiger partial charge in [0, 0.05) is 0 Å². The van der Waals surface area contributed by atoms with Crippen LogP contribution in [0.2, 0.25) is 0 Å². The fraction of sp³-hybridized carbons (Fsp3) is 0.167. The first-order chi connectivity index (χ1) is 10.7. The molecule has 0 radical (unpaired) electrons. The van der Waals surface area contributed by atoms with Crippen molar-refractivity contribution in [2.75, 3.05) is 11.9 Å². The standard InChI is InChI=1S/C18H19NO3/c1-3-13-21-17-12-8-7-11-16(17)19-18(20)14(2)22-15-9-5-4-6-10-15/h3-12,14H,1,13H2,2H3,(H,19,20)/t14-/m1/s1. The Morgan fingerprint density at radius 1 is 1.18 bits per heavy atom. The van der Waals surface area contributed by atoms with Gasteiger partial charge >= 0.3 is 0 Å². The summed E-state index contributed by atoms with van der Waals surface area (Å²) in [5.74, 6) is 1.02. The monoisotopic (exact) mass is 297 g/mol. The number of ether oxygens (including phenoxy) is 2. The molecular weight excluding hydrogens is 278 g/mol. The number of carbonyl (C=O) groups is 1. The van der Waals surface area contributed by atoms with Crippen molar-refractivity contribution in [3.05, 3.63) is 67.3 Å². The van der Waals surface area contributed by atoms with Gasteiger partial charge in [-0.3, -0.25) is 4.79 Å².